The molecule has 2 atom stereocenters. The van der Waals surface area contributed by atoms with E-state index in [0.29, 0.717) is 37.3 Å². The van der Waals surface area contributed by atoms with Crippen LogP contribution in [0.3, 0.4) is 0 Å². The van der Waals surface area contributed by atoms with Crippen molar-refractivity contribution in [2.24, 2.45) is 11.8 Å². The fraction of sp³-hybridized carbons (Fsp3) is 0.613. The number of nitrogens with zero attached hydrogens (tertiary/aromatic N) is 2. The number of hydrogen-bond acceptors (Lipinski definition) is 6. The van der Waals surface area contributed by atoms with E-state index in [2.05, 4.69) is 35.9 Å². The largest absolute Gasteiger partial charge is 0.353 e. The third-order valence-corrected chi connectivity index (χ3v) is 9.26. The SMILES string of the molecule is C=C(CN1CCCC1)C(=O)CC[C@@H](NC(=O)[C@@H](CC(C)=O)Cc1nc2ccc(CC)cc2s1)C1CCCC1. The molecule has 0 unspecified atom stereocenters. The molecule has 2 heterocycles. The molecule has 7 heteroatoms. The molecule has 4 rings (SSSR count). The second kappa shape index (κ2) is 13.6. The minimum Gasteiger partial charge on any atom is -0.353 e. The highest BCUT2D eigenvalue weighted by Crippen LogP contribution is 2.31. The van der Waals surface area contributed by atoms with Gasteiger partial charge in [0.15, 0.2) is 5.78 Å². The van der Waals surface area contributed by atoms with Gasteiger partial charge in [0.2, 0.25) is 5.91 Å². The lowest BCUT2D eigenvalue weighted by Crippen LogP contribution is -2.44. The zero-order valence-corrected chi connectivity index (χ0v) is 23.9. The zero-order valence-electron chi connectivity index (χ0n) is 23.1. The lowest BCUT2D eigenvalue weighted by molar-refractivity contribution is -0.129. The van der Waals surface area contributed by atoms with E-state index in [1.807, 2.05) is 6.07 Å². The van der Waals surface area contributed by atoms with Crippen LogP contribution in [0.25, 0.3) is 10.2 Å². The molecule has 0 bridgehead atoms. The third kappa shape index (κ3) is 7.82. The number of nitrogens with one attached hydrogen (secondary N) is 1. The summed E-state index contributed by atoms with van der Waals surface area (Å²) in [5.74, 6) is -0.0513. The molecule has 1 saturated carbocycles. The lowest BCUT2D eigenvalue weighted by Gasteiger charge is -2.27. The summed E-state index contributed by atoms with van der Waals surface area (Å²) in [6, 6.07) is 6.25. The number of thiazole rings is 1. The van der Waals surface area contributed by atoms with E-state index >= 15 is 0 Å². The Hall–Kier alpha value is -2.38. The average Bonchev–Trinajstić information content (AvgIpc) is 3.67. The molecule has 38 heavy (non-hydrogen) atoms. The van der Waals surface area contributed by atoms with E-state index in [0.717, 1.165) is 60.4 Å². The normalized spacial score (nSPS) is 18.1. The van der Waals surface area contributed by atoms with Gasteiger partial charge in [0.05, 0.1) is 21.1 Å². The number of benzene rings is 1. The second-order valence-corrected chi connectivity index (χ2v) is 12.4. The highest BCUT2D eigenvalue weighted by atomic mass is 32.1. The van der Waals surface area contributed by atoms with Crippen molar-refractivity contribution < 1.29 is 14.4 Å². The van der Waals surface area contributed by atoms with Gasteiger partial charge in [-0.2, -0.15) is 0 Å². The maximum Gasteiger partial charge on any atom is 0.224 e. The summed E-state index contributed by atoms with van der Waals surface area (Å²) >= 11 is 1.61. The summed E-state index contributed by atoms with van der Waals surface area (Å²) in [5.41, 5.74) is 2.89. The first-order valence-corrected chi connectivity index (χ1v) is 15.3. The lowest BCUT2D eigenvalue weighted by atomic mass is 9.90. The molecule has 2 fully saturated rings. The van der Waals surface area contributed by atoms with Gasteiger partial charge >= 0.3 is 0 Å². The number of likely N-dealkylation sites (tertiary alicyclic amines) is 1. The van der Waals surface area contributed by atoms with Crippen LogP contribution < -0.4 is 5.32 Å². The molecule has 0 spiro atoms. The van der Waals surface area contributed by atoms with Gasteiger partial charge in [-0.1, -0.05) is 32.4 Å². The Bertz CT molecular complexity index is 1140. The molecule has 206 valence electrons. The van der Waals surface area contributed by atoms with Gasteiger partial charge in [-0.05, 0) is 82.2 Å². The standard InChI is InChI=1S/C31H43N3O3S/c1-4-23-11-12-27-29(18-23)38-30(32-27)19-25(17-22(3)35)31(37)33-26(24-9-5-6-10-24)13-14-28(36)21(2)20-34-15-7-8-16-34/h11-12,18,24-26H,2,4-10,13-17,19-20H2,1,3H3,(H,33,37)/t25-,26+/m0/s1. The van der Waals surface area contributed by atoms with Gasteiger partial charge in [-0.15, -0.1) is 11.3 Å². The van der Waals surface area contributed by atoms with E-state index in [-0.39, 0.29) is 29.9 Å². The Morgan fingerprint density at radius 3 is 2.58 bits per heavy atom. The van der Waals surface area contributed by atoms with Crippen molar-refractivity contribution in [1.82, 2.24) is 15.2 Å². The van der Waals surface area contributed by atoms with Crippen molar-refractivity contribution in [2.75, 3.05) is 19.6 Å². The maximum absolute atomic E-state index is 13.6. The number of amides is 1. The fourth-order valence-corrected chi connectivity index (χ4v) is 7.10. The Morgan fingerprint density at radius 2 is 1.89 bits per heavy atom. The van der Waals surface area contributed by atoms with Crippen LogP contribution in [-0.4, -0.2) is 53.0 Å². The van der Waals surface area contributed by atoms with Gasteiger partial charge in [0.1, 0.15) is 5.78 Å². The predicted octanol–water partition coefficient (Wildman–Crippen LogP) is 5.67. The van der Waals surface area contributed by atoms with Crippen LogP contribution in [0.5, 0.6) is 0 Å². The van der Waals surface area contributed by atoms with E-state index < -0.39 is 5.92 Å². The number of aryl methyl sites for hydroxylation is 1. The summed E-state index contributed by atoms with van der Waals surface area (Å²) in [4.78, 5) is 45.7. The Balaban J connectivity index is 1.41. The summed E-state index contributed by atoms with van der Waals surface area (Å²) in [6.45, 7) is 10.5. The second-order valence-electron chi connectivity index (χ2n) is 11.3. The Labute approximate surface area is 231 Å². The Kier molecular flexibility index (Phi) is 10.3. The monoisotopic (exact) mass is 537 g/mol. The van der Waals surface area contributed by atoms with E-state index in [1.54, 1.807) is 18.3 Å². The summed E-state index contributed by atoms with van der Waals surface area (Å²) < 4.78 is 1.12. The van der Waals surface area contributed by atoms with E-state index in [9.17, 15) is 14.4 Å². The third-order valence-electron chi connectivity index (χ3n) is 8.22. The highest BCUT2D eigenvalue weighted by Gasteiger charge is 2.30. The van der Waals surface area contributed by atoms with Crippen molar-refractivity contribution in [3.8, 4) is 0 Å². The summed E-state index contributed by atoms with van der Waals surface area (Å²) in [7, 11) is 0. The number of carbonyl (C=O) groups is 3. The van der Waals surface area contributed by atoms with Crippen molar-refractivity contribution in [3.05, 3.63) is 40.9 Å². The summed E-state index contributed by atoms with van der Waals surface area (Å²) in [6.07, 6.45) is 9.50. The molecule has 1 N–H and O–H groups in total. The topological polar surface area (TPSA) is 79.4 Å². The zero-order chi connectivity index (χ0) is 27.1. The molecule has 1 aliphatic carbocycles. The molecule has 1 saturated heterocycles. The first-order chi connectivity index (χ1) is 18.3. The van der Waals surface area contributed by atoms with Crippen molar-refractivity contribution in [1.29, 1.82) is 0 Å². The van der Waals surface area contributed by atoms with Crippen LogP contribution in [0.1, 0.15) is 82.2 Å². The molecule has 2 aliphatic rings. The van der Waals surface area contributed by atoms with Crippen molar-refractivity contribution in [2.45, 2.75) is 90.5 Å². The number of Topliss-reactive ketones (excluding diaryl/α,β-unsaturated/α-hetero) is 2. The summed E-state index contributed by atoms with van der Waals surface area (Å²) in [5, 5.41) is 4.19. The number of fused-ring (bicyclic) bond motifs is 1. The van der Waals surface area contributed by atoms with Crippen LogP contribution in [0.2, 0.25) is 0 Å². The van der Waals surface area contributed by atoms with Crippen molar-refractivity contribution in [3.63, 3.8) is 0 Å². The number of ketones is 2. The number of carbonyl (C=O) groups excluding carboxylic acids is 3. The minimum absolute atomic E-state index is 0.00494. The minimum atomic E-state index is -0.455. The smallest absolute Gasteiger partial charge is 0.224 e. The van der Waals surface area contributed by atoms with Gasteiger partial charge in [-0.3, -0.25) is 14.5 Å². The van der Waals surface area contributed by atoms with Gasteiger partial charge in [0.25, 0.3) is 0 Å². The molecular weight excluding hydrogens is 494 g/mol. The van der Waals surface area contributed by atoms with Gasteiger partial charge < -0.3 is 10.1 Å². The average molecular weight is 538 g/mol. The molecule has 1 aromatic heterocycles. The maximum atomic E-state index is 13.6. The number of rotatable bonds is 14. The van der Waals surface area contributed by atoms with Gasteiger partial charge in [-0.25, -0.2) is 4.98 Å². The molecule has 1 amide bonds. The molecule has 1 aliphatic heterocycles. The molecule has 1 aromatic carbocycles. The Morgan fingerprint density at radius 1 is 1.16 bits per heavy atom. The van der Waals surface area contributed by atoms with Crippen LogP contribution >= 0.6 is 11.3 Å². The van der Waals surface area contributed by atoms with Crippen LogP contribution in [0.15, 0.2) is 30.4 Å². The number of hydrogen-bond donors (Lipinski definition) is 1. The molecule has 0 radical (unpaired) electrons. The van der Waals surface area contributed by atoms with Crippen LogP contribution in [0.4, 0.5) is 0 Å². The molecule has 2 aromatic rings. The van der Waals surface area contributed by atoms with Crippen molar-refractivity contribution >= 4 is 39.0 Å². The quantitative estimate of drug-likeness (QED) is 0.314. The van der Waals surface area contributed by atoms with E-state index in [1.165, 1.54) is 18.4 Å². The first-order valence-electron chi connectivity index (χ1n) is 14.4. The van der Waals surface area contributed by atoms with Crippen LogP contribution in [0, 0.1) is 11.8 Å². The fourth-order valence-electron chi connectivity index (χ4n) is 5.99. The molecular formula is C31H43N3O3S. The van der Waals surface area contributed by atoms with Gasteiger partial charge in [0, 0.05) is 37.4 Å². The molecule has 6 nitrogen and oxygen atoms in total. The van der Waals surface area contributed by atoms with E-state index in [4.69, 9.17) is 4.98 Å². The van der Waals surface area contributed by atoms with Crippen LogP contribution in [-0.2, 0) is 27.2 Å². The number of aromatic nitrogens is 1. The highest BCUT2D eigenvalue weighted by molar-refractivity contribution is 7.18. The first kappa shape index (κ1) is 28.6. The predicted molar refractivity (Wildman–Crippen MR) is 154 cm³/mol.